The summed E-state index contributed by atoms with van der Waals surface area (Å²) in [6.45, 7) is 24.0. The SMILES string of the molecule is CC#N.CC#N.CP(C)(=O)Cc1ccccc1.N#Cc1ccccc1/C=C/c1ccc(/C=C/c2ccccc2)cc1.O=Cc1ccc(C=O)cc1.[C-]#[N+]c1ccccc1/C=C/c1ccc(C=O)cc1.[C-]#[N+]c1ccccc1CP(C)(C)=O. The van der Waals surface area contributed by atoms with Crippen molar-refractivity contribution in [1.82, 2.24) is 0 Å². The minimum atomic E-state index is -2.07. The van der Waals surface area contributed by atoms with Gasteiger partial charge in [-0.3, -0.25) is 14.4 Å². The van der Waals surface area contributed by atoms with Crippen LogP contribution in [0.1, 0.15) is 95.0 Å². The largest absolute Gasteiger partial charge is 0.324 e. The smallest absolute Gasteiger partial charge is 0.194 e. The molecule has 0 aliphatic carbocycles. The summed E-state index contributed by atoms with van der Waals surface area (Å²) in [7, 11) is -3.96. The third-order valence-electron chi connectivity index (χ3n) is 10.6. The Morgan fingerprint density at radius 3 is 1.11 bits per heavy atom. The van der Waals surface area contributed by atoms with Gasteiger partial charge in [0.1, 0.15) is 18.9 Å². The number of hydrogen-bond donors (Lipinski definition) is 0. The van der Waals surface area contributed by atoms with E-state index in [1.54, 1.807) is 74.0 Å². The van der Waals surface area contributed by atoms with Crippen molar-refractivity contribution in [2.24, 2.45) is 0 Å². The summed E-state index contributed by atoms with van der Waals surface area (Å²) in [4.78, 5) is 37.6. The maximum atomic E-state index is 11.5. The molecule has 0 unspecified atom stereocenters. The average Bonchev–Trinajstić information content (AvgIpc) is 3.53. The van der Waals surface area contributed by atoms with E-state index in [2.05, 4.69) is 64.3 Å². The molecule has 0 N–H and O–H groups in total. The van der Waals surface area contributed by atoms with Gasteiger partial charge in [0.2, 0.25) is 0 Å². The van der Waals surface area contributed by atoms with Gasteiger partial charge in [-0.2, -0.15) is 15.8 Å². The highest BCUT2D eigenvalue weighted by atomic mass is 31.2. The molecule has 0 saturated carbocycles. The molecule has 12 heteroatoms. The molecule has 8 aromatic carbocycles. The molecule has 0 aliphatic rings. The second-order valence-corrected chi connectivity index (χ2v) is 25.2. The van der Waals surface area contributed by atoms with Crippen LogP contribution >= 0.6 is 14.3 Å². The molecule has 0 amide bonds. The average molecular weight is 1120 g/mol. The lowest BCUT2D eigenvalue weighted by atomic mass is 10.1. The van der Waals surface area contributed by atoms with Gasteiger partial charge in [0.15, 0.2) is 11.4 Å². The van der Waals surface area contributed by atoms with E-state index in [1.807, 2.05) is 159 Å². The number of para-hydroxylation sites is 2. The van der Waals surface area contributed by atoms with Crippen molar-refractivity contribution >= 4 is 81.0 Å². The molecular weight excluding hydrogens is 1050 g/mol. The zero-order valence-electron chi connectivity index (χ0n) is 46.9. The number of hydrogen-bond acceptors (Lipinski definition) is 8. The summed E-state index contributed by atoms with van der Waals surface area (Å²) in [5.74, 6) is 0. The van der Waals surface area contributed by atoms with E-state index in [1.165, 1.54) is 25.0 Å². The van der Waals surface area contributed by atoms with Crippen LogP contribution < -0.4 is 0 Å². The van der Waals surface area contributed by atoms with Crippen LogP contribution in [0.3, 0.4) is 0 Å². The predicted octanol–water partition coefficient (Wildman–Crippen LogP) is 18.7. The summed E-state index contributed by atoms with van der Waals surface area (Å²) >= 11 is 0. The number of rotatable bonds is 13. The molecule has 0 bridgehead atoms. The van der Waals surface area contributed by atoms with E-state index < -0.39 is 14.3 Å². The minimum Gasteiger partial charge on any atom is -0.324 e. The van der Waals surface area contributed by atoms with Gasteiger partial charge in [0, 0.05) is 42.9 Å². The van der Waals surface area contributed by atoms with Crippen LogP contribution in [0.2, 0.25) is 0 Å². The topological polar surface area (TPSA) is 165 Å². The Morgan fingerprint density at radius 2 is 0.707 bits per heavy atom. The first-order valence-corrected chi connectivity index (χ1v) is 31.0. The fraction of sp³-hybridized carbons (Fsp3) is 0.114. The summed E-state index contributed by atoms with van der Waals surface area (Å²) < 4.78 is 22.9. The third kappa shape index (κ3) is 29.6. The van der Waals surface area contributed by atoms with Crippen molar-refractivity contribution in [3.63, 3.8) is 0 Å². The van der Waals surface area contributed by atoms with E-state index in [4.69, 9.17) is 28.9 Å². The van der Waals surface area contributed by atoms with Crippen LogP contribution in [0.15, 0.2) is 206 Å². The van der Waals surface area contributed by atoms with E-state index in [9.17, 15) is 23.5 Å². The van der Waals surface area contributed by atoms with Gasteiger partial charge < -0.3 is 9.13 Å². The Bertz CT molecular complexity index is 3600. The molecule has 0 aromatic heterocycles. The van der Waals surface area contributed by atoms with Gasteiger partial charge in [-0.15, -0.1) is 0 Å². The molecule has 0 spiro atoms. The lowest BCUT2D eigenvalue weighted by Gasteiger charge is -2.07. The van der Waals surface area contributed by atoms with Gasteiger partial charge in [-0.05, 0) is 77.2 Å². The fourth-order valence-electron chi connectivity index (χ4n) is 6.85. The number of carbonyl (C=O) groups is 3. The molecule has 410 valence electrons. The highest BCUT2D eigenvalue weighted by Gasteiger charge is 2.11. The van der Waals surface area contributed by atoms with Crippen LogP contribution in [-0.2, 0) is 21.5 Å². The van der Waals surface area contributed by atoms with Crippen LogP contribution in [0.25, 0.3) is 46.1 Å². The quantitative estimate of drug-likeness (QED) is 0.0476. The molecule has 0 heterocycles. The maximum absolute atomic E-state index is 11.5. The molecule has 0 fully saturated rings. The van der Waals surface area contributed by atoms with Gasteiger partial charge >= 0.3 is 0 Å². The molecular formula is C70H65N5O5P2. The van der Waals surface area contributed by atoms with Gasteiger partial charge in [-0.25, -0.2) is 9.69 Å². The van der Waals surface area contributed by atoms with Crippen molar-refractivity contribution in [2.45, 2.75) is 26.2 Å². The molecule has 0 radical (unpaired) electrons. The molecule has 0 aliphatic heterocycles. The Labute approximate surface area is 484 Å². The molecule has 0 atom stereocenters. The molecule has 8 rings (SSSR count). The van der Waals surface area contributed by atoms with Gasteiger partial charge in [0.25, 0.3) is 0 Å². The highest BCUT2D eigenvalue weighted by molar-refractivity contribution is 7.61. The molecule has 10 nitrogen and oxygen atoms in total. The summed E-state index contributed by atoms with van der Waals surface area (Å²) in [5.41, 5.74) is 12.1. The fourth-order valence-corrected chi connectivity index (χ4v) is 9.03. The third-order valence-corrected chi connectivity index (χ3v) is 12.8. The Balaban J connectivity index is 0.000000354. The van der Waals surface area contributed by atoms with E-state index in [0.29, 0.717) is 46.0 Å². The van der Waals surface area contributed by atoms with Crippen molar-refractivity contribution in [3.05, 3.63) is 296 Å². The van der Waals surface area contributed by atoms with Crippen molar-refractivity contribution in [1.29, 1.82) is 15.8 Å². The van der Waals surface area contributed by atoms with E-state index in [-0.39, 0.29) is 0 Å². The zero-order chi connectivity index (χ0) is 60.4. The first-order valence-electron chi connectivity index (χ1n) is 25.4. The van der Waals surface area contributed by atoms with Crippen LogP contribution in [0.4, 0.5) is 11.4 Å². The van der Waals surface area contributed by atoms with Gasteiger partial charge in [-0.1, -0.05) is 237 Å². The van der Waals surface area contributed by atoms with Crippen molar-refractivity contribution in [3.8, 4) is 18.2 Å². The molecule has 0 saturated heterocycles. The zero-order valence-corrected chi connectivity index (χ0v) is 48.7. The van der Waals surface area contributed by atoms with E-state index in [0.717, 1.165) is 52.2 Å². The number of nitrogens with zero attached hydrogens (tertiary/aromatic N) is 5. The number of aldehydes is 3. The molecule has 8 aromatic rings. The normalized spacial score (nSPS) is 9.96. The second-order valence-electron chi connectivity index (χ2n) is 18.3. The standard InChI is InChI=1S/C23H17N.C16H11NO.C10H12NOP.C9H13OP.C8H6O2.2C2H3N/c24-18-23-9-5-4-8-22(23)17-16-21-14-12-20(13-15-21)11-10-19-6-2-1-3-7-19;1-17-16-5-3-2-4-15(16)11-10-13-6-8-14(12-18)9-7-13;1-11-10-7-5-4-6-9(10)8-13(2,3)12;1-11(2,10)8-9-6-4-3-5-7-9;9-5-7-1-2-8(6-10)4-3-7;2*1-2-3/h1-17H;2-12H;4-7H,8H2,2-3H3;3-7H,8H2,1-2H3;1-6H;2*1H3/b11-10+,17-16+;11-10+;;;;;. The highest BCUT2D eigenvalue weighted by Crippen LogP contribution is 2.42. The summed E-state index contributed by atoms with van der Waals surface area (Å²) in [6.07, 6.45) is 15.6. The molecule has 82 heavy (non-hydrogen) atoms. The monoisotopic (exact) mass is 1120 g/mol. The lowest BCUT2D eigenvalue weighted by molar-refractivity contribution is 0.111. The summed E-state index contributed by atoms with van der Waals surface area (Å²) in [6, 6.07) is 70.4. The first-order chi connectivity index (χ1) is 39.5. The van der Waals surface area contributed by atoms with Crippen molar-refractivity contribution < 1.29 is 23.5 Å². The van der Waals surface area contributed by atoms with Crippen LogP contribution in [0.5, 0.6) is 0 Å². The number of carbonyl (C=O) groups excluding carboxylic acids is 3. The minimum absolute atomic E-state index is 0.519. The Morgan fingerprint density at radius 1 is 0.390 bits per heavy atom. The van der Waals surface area contributed by atoms with Crippen molar-refractivity contribution in [2.75, 3.05) is 26.7 Å². The summed E-state index contributed by atoms with van der Waals surface area (Å²) in [5, 5.41) is 23.8. The Hall–Kier alpha value is -10.1. The van der Waals surface area contributed by atoms with Crippen LogP contribution in [-0.4, -0.2) is 45.5 Å². The van der Waals surface area contributed by atoms with E-state index >= 15 is 0 Å². The Kier molecular flexibility index (Phi) is 32.6. The first kappa shape index (κ1) is 68.0. The maximum Gasteiger partial charge on any atom is 0.194 e. The second kappa shape index (κ2) is 39.3. The van der Waals surface area contributed by atoms with Crippen LogP contribution in [0, 0.1) is 47.1 Å². The van der Waals surface area contributed by atoms with Gasteiger partial charge in [0.05, 0.1) is 51.2 Å². The lowest BCUT2D eigenvalue weighted by Crippen LogP contribution is -1.85. The number of nitriles is 3. The number of benzene rings is 8. The predicted molar refractivity (Wildman–Crippen MR) is 341 cm³/mol.